The molecule has 0 bridgehead atoms. The molecule has 0 aromatic carbocycles. The highest BCUT2D eigenvalue weighted by Crippen LogP contribution is 2.20. The lowest BCUT2D eigenvalue weighted by molar-refractivity contribution is -0.143. The van der Waals surface area contributed by atoms with E-state index in [1.165, 1.54) is 405 Å². The van der Waals surface area contributed by atoms with Crippen LogP contribution in [-0.2, 0) is 14.3 Å². The summed E-state index contributed by atoms with van der Waals surface area (Å²) < 4.78 is 5.48. The number of carbonyl (C=O) groups excluding carboxylic acids is 2. The molecule has 0 heterocycles. The molecule has 2 atom stereocenters. The molecule has 0 fully saturated rings. The van der Waals surface area contributed by atoms with Gasteiger partial charge in [-0.15, -0.1) is 0 Å². The molecule has 0 aliphatic rings. The largest absolute Gasteiger partial charge is 0.466 e. The van der Waals surface area contributed by atoms with Crippen LogP contribution in [0.4, 0.5) is 0 Å². The van der Waals surface area contributed by atoms with Crippen molar-refractivity contribution in [2.24, 2.45) is 0 Å². The fraction of sp³-hybridized carbons (Fsp3) is 0.907. The van der Waals surface area contributed by atoms with Gasteiger partial charge in [0.15, 0.2) is 0 Å². The number of allylic oxidation sites excluding steroid dienone is 5. The number of unbranched alkanes of at least 4 members (excludes halogenated alkanes) is 65. The number of ether oxygens (including phenoxy) is 1. The van der Waals surface area contributed by atoms with Crippen LogP contribution in [-0.4, -0.2) is 47.4 Å². The van der Waals surface area contributed by atoms with Gasteiger partial charge in [0.05, 0.1) is 25.4 Å². The van der Waals surface area contributed by atoms with Crippen LogP contribution in [0.2, 0.25) is 0 Å². The summed E-state index contributed by atoms with van der Waals surface area (Å²) in [5, 5.41) is 23.3. The van der Waals surface area contributed by atoms with Gasteiger partial charge < -0.3 is 20.3 Å². The number of rotatable bonds is 80. The molecule has 0 saturated carbocycles. The standard InChI is InChI=1S/C86H165NO5/c1-3-5-7-9-11-13-15-16-17-18-19-20-21-37-40-43-46-49-52-55-59-62-66-70-74-78-84(89)83(82-88)87-85(90)79-75-71-67-63-60-56-53-50-47-44-41-38-35-33-31-29-27-25-23-22-24-26-28-30-32-34-36-39-42-45-48-51-54-57-61-65-69-73-77-81-92-86(91)80-76-72-68-64-58-14-12-10-8-6-4-2/h10,12,22-23,74,78,83-84,88-89H,3-9,11,13-21,24-73,75-77,79-82H2,1-2H3,(H,87,90)/b12-10-,23-22-,78-74+. The van der Waals surface area contributed by atoms with Crippen LogP contribution in [0.25, 0.3) is 0 Å². The summed E-state index contributed by atoms with van der Waals surface area (Å²) in [6.07, 6.45) is 107. The SMILES string of the molecule is CCCC/C=C\CCCCCCCC(=O)OCCCCCCCCCCCCCCCCCCCC/C=C\CCCCCCCCCCCCCCCCCCCC(=O)NC(CO)C(O)/C=C/CCCCCCCCCCCCCCCCCCCCCCCCC. The highest BCUT2D eigenvalue weighted by Gasteiger charge is 2.18. The van der Waals surface area contributed by atoms with E-state index in [2.05, 4.69) is 43.5 Å². The number of aliphatic hydroxyl groups excluding tert-OH is 2. The van der Waals surface area contributed by atoms with Crippen molar-refractivity contribution >= 4 is 11.9 Å². The van der Waals surface area contributed by atoms with Crippen LogP contribution in [0.5, 0.6) is 0 Å². The molecule has 0 aliphatic heterocycles. The van der Waals surface area contributed by atoms with Gasteiger partial charge >= 0.3 is 5.97 Å². The lowest BCUT2D eigenvalue weighted by Gasteiger charge is -2.20. The Hall–Kier alpha value is -1.92. The number of amides is 1. The number of carbonyl (C=O) groups is 2. The van der Waals surface area contributed by atoms with Crippen molar-refractivity contribution in [1.82, 2.24) is 5.32 Å². The molecule has 92 heavy (non-hydrogen) atoms. The van der Waals surface area contributed by atoms with Crippen molar-refractivity contribution in [2.45, 2.75) is 488 Å². The maximum absolute atomic E-state index is 12.6. The molecular weight excluding hydrogens is 1130 g/mol. The summed E-state index contributed by atoms with van der Waals surface area (Å²) in [5.74, 6) is -0.0463. The van der Waals surface area contributed by atoms with Gasteiger partial charge in [0, 0.05) is 12.8 Å². The highest BCUT2D eigenvalue weighted by molar-refractivity contribution is 5.76. The van der Waals surface area contributed by atoms with Crippen LogP contribution in [0.15, 0.2) is 36.5 Å². The molecular formula is C86H165NO5. The van der Waals surface area contributed by atoms with Crippen molar-refractivity contribution in [1.29, 1.82) is 0 Å². The maximum atomic E-state index is 12.6. The summed E-state index contributed by atoms with van der Waals surface area (Å²) in [7, 11) is 0. The Bertz CT molecular complexity index is 1490. The first kappa shape index (κ1) is 90.1. The van der Waals surface area contributed by atoms with Crippen LogP contribution in [0, 0.1) is 0 Å². The second-order valence-electron chi connectivity index (χ2n) is 29.2. The second-order valence-corrected chi connectivity index (χ2v) is 29.2. The molecule has 0 aromatic rings. The zero-order valence-electron chi connectivity index (χ0n) is 62.6. The van der Waals surface area contributed by atoms with Crippen molar-refractivity contribution < 1.29 is 24.5 Å². The van der Waals surface area contributed by atoms with Crippen molar-refractivity contribution in [3.63, 3.8) is 0 Å². The van der Waals surface area contributed by atoms with Gasteiger partial charge in [-0.3, -0.25) is 9.59 Å². The van der Waals surface area contributed by atoms with E-state index in [9.17, 15) is 19.8 Å². The number of esters is 1. The molecule has 0 radical (unpaired) electrons. The van der Waals surface area contributed by atoms with E-state index < -0.39 is 12.1 Å². The first-order chi connectivity index (χ1) is 45.5. The van der Waals surface area contributed by atoms with Gasteiger partial charge in [-0.05, 0) is 77.0 Å². The first-order valence-corrected chi connectivity index (χ1v) is 42.3. The Balaban J connectivity index is 3.36. The summed E-state index contributed by atoms with van der Waals surface area (Å²) in [6, 6.07) is -0.626. The zero-order chi connectivity index (χ0) is 66.3. The lowest BCUT2D eigenvalue weighted by atomic mass is 10.0. The Morgan fingerprint density at radius 1 is 0.293 bits per heavy atom. The monoisotopic (exact) mass is 1290 g/mol. The summed E-state index contributed by atoms with van der Waals surface area (Å²) in [6.45, 7) is 4.92. The smallest absolute Gasteiger partial charge is 0.305 e. The van der Waals surface area contributed by atoms with E-state index >= 15 is 0 Å². The molecule has 0 saturated heterocycles. The van der Waals surface area contributed by atoms with E-state index in [4.69, 9.17) is 4.74 Å². The van der Waals surface area contributed by atoms with Crippen LogP contribution in [0.3, 0.4) is 0 Å². The summed E-state index contributed by atoms with van der Waals surface area (Å²) >= 11 is 0. The molecule has 2 unspecified atom stereocenters. The second kappa shape index (κ2) is 81.5. The van der Waals surface area contributed by atoms with Crippen LogP contribution in [0.1, 0.15) is 476 Å². The van der Waals surface area contributed by atoms with Crippen molar-refractivity contribution in [3.05, 3.63) is 36.5 Å². The molecule has 0 aliphatic carbocycles. The van der Waals surface area contributed by atoms with Crippen LogP contribution >= 0.6 is 0 Å². The third kappa shape index (κ3) is 77.1. The van der Waals surface area contributed by atoms with Gasteiger partial charge in [-0.2, -0.15) is 0 Å². The Morgan fingerprint density at radius 2 is 0.522 bits per heavy atom. The third-order valence-electron chi connectivity index (χ3n) is 19.9. The van der Waals surface area contributed by atoms with E-state index in [0.29, 0.717) is 19.4 Å². The molecule has 0 rings (SSSR count). The molecule has 6 nitrogen and oxygen atoms in total. The van der Waals surface area contributed by atoms with E-state index in [-0.39, 0.29) is 18.5 Å². The number of nitrogens with one attached hydrogen (secondary N) is 1. The fourth-order valence-corrected chi connectivity index (χ4v) is 13.4. The zero-order valence-corrected chi connectivity index (χ0v) is 62.6. The predicted octanol–water partition coefficient (Wildman–Crippen LogP) is 28.2. The van der Waals surface area contributed by atoms with Crippen molar-refractivity contribution in [2.75, 3.05) is 13.2 Å². The maximum Gasteiger partial charge on any atom is 0.305 e. The van der Waals surface area contributed by atoms with Gasteiger partial charge in [0.25, 0.3) is 0 Å². The number of aliphatic hydroxyl groups is 2. The quantitative estimate of drug-likeness (QED) is 0.0320. The van der Waals surface area contributed by atoms with E-state index in [1.807, 2.05) is 6.08 Å². The van der Waals surface area contributed by atoms with Gasteiger partial charge in [-0.1, -0.05) is 423 Å². The van der Waals surface area contributed by atoms with Gasteiger partial charge in [0.2, 0.25) is 5.91 Å². The Labute approximate surface area is 576 Å². The topological polar surface area (TPSA) is 95.9 Å². The van der Waals surface area contributed by atoms with Crippen LogP contribution < -0.4 is 5.32 Å². The summed E-state index contributed by atoms with van der Waals surface area (Å²) in [4.78, 5) is 24.6. The minimum atomic E-state index is -0.843. The minimum absolute atomic E-state index is 0.0118. The minimum Gasteiger partial charge on any atom is -0.466 e. The first-order valence-electron chi connectivity index (χ1n) is 42.3. The molecule has 6 heteroatoms. The van der Waals surface area contributed by atoms with E-state index in [1.54, 1.807) is 6.08 Å². The normalized spacial score (nSPS) is 12.6. The number of hydrogen-bond donors (Lipinski definition) is 3. The lowest BCUT2D eigenvalue weighted by Crippen LogP contribution is -2.45. The van der Waals surface area contributed by atoms with E-state index in [0.717, 1.165) is 44.9 Å². The van der Waals surface area contributed by atoms with Gasteiger partial charge in [-0.25, -0.2) is 0 Å². The third-order valence-corrected chi connectivity index (χ3v) is 19.9. The molecule has 0 spiro atoms. The highest BCUT2D eigenvalue weighted by atomic mass is 16.5. The summed E-state index contributed by atoms with van der Waals surface area (Å²) in [5.41, 5.74) is 0. The Kier molecular flexibility index (Phi) is 79.8. The Morgan fingerprint density at radius 3 is 0.804 bits per heavy atom. The average molecular weight is 1290 g/mol. The predicted molar refractivity (Wildman–Crippen MR) is 407 cm³/mol. The number of hydrogen-bond acceptors (Lipinski definition) is 5. The molecule has 1 amide bonds. The average Bonchev–Trinajstić information content (AvgIpc) is 3.77. The fourth-order valence-electron chi connectivity index (χ4n) is 13.4. The van der Waals surface area contributed by atoms with Gasteiger partial charge in [0.1, 0.15) is 0 Å². The molecule has 544 valence electrons. The molecule has 0 aromatic heterocycles. The van der Waals surface area contributed by atoms with Crippen molar-refractivity contribution in [3.8, 4) is 0 Å². The molecule has 3 N–H and O–H groups in total.